The number of aromatic hydroxyl groups is 1. The van der Waals surface area contributed by atoms with Crippen LogP contribution in [0.2, 0.25) is 5.02 Å². The zero-order valence-corrected chi connectivity index (χ0v) is 19.9. The number of rotatable bonds is 5. The Bertz CT molecular complexity index is 1400. The average Bonchev–Trinajstić information content (AvgIpc) is 2.70. The second kappa shape index (κ2) is 8.93. The van der Waals surface area contributed by atoms with E-state index in [0.29, 0.717) is 10.6 Å². The van der Waals surface area contributed by atoms with Crippen LogP contribution in [0.25, 0.3) is 0 Å². The Hall–Kier alpha value is -2.88. The monoisotopic (exact) mass is 492 g/mol. The highest BCUT2D eigenvalue weighted by molar-refractivity contribution is 7.91. The van der Waals surface area contributed by atoms with E-state index in [1.807, 2.05) is 6.92 Å². The van der Waals surface area contributed by atoms with E-state index >= 15 is 0 Å². The van der Waals surface area contributed by atoms with E-state index in [1.165, 1.54) is 49.4 Å². The van der Waals surface area contributed by atoms with Gasteiger partial charge in [0, 0.05) is 11.1 Å². The summed E-state index contributed by atoms with van der Waals surface area (Å²) in [7, 11) is -8.07. The summed E-state index contributed by atoms with van der Waals surface area (Å²) in [6, 6.07) is 14.3. The van der Waals surface area contributed by atoms with E-state index < -0.39 is 19.9 Å². The van der Waals surface area contributed by atoms with E-state index in [4.69, 9.17) is 11.6 Å². The summed E-state index contributed by atoms with van der Waals surface area (Å²) < 4.78 is 55.5. The molecule has 0 aromatic heterocycles. The zero-order valence-electron chi connectivity index (χ0n) is 17.5. The maximum absolute atomic E-state index is 13.3. The maximum atomic E-state index is 13.3. The number of nitrogens with zero attached hydrogens (tertiary/aromatic N) is 1. The Balaban J connectivity index is 2.06. The lowest BCUT2D eigenvalue weighted by Crippen LogP contribution is -2.15. The Labute approximate surface area is 192 Å². The Morgan fingerprint density at radius 1 is 0.906 bits per heavy atom. The van der Waals surface area contributed by atoms with Crippen molar-refractivity contribution in [2.24, 2.45) is 4.40 Å². The fourth-order valence-corrected chi connectivity index (χ4v) is 5.62. The molecule has 2 N–H and O–H groups in total. The molecule has 3 aromatic rings. The van der Waals surface area contributed by atoms with Crippen LogP contribution < -0.4 is 5.32 Å². The third-order valence-electron chi connectivity index (χ3n) is 4.58. The summed E-state index contributed by atoms with van der Waals surface area (Å²) >= 11 is 5.80. The summed E-state index contributed by atoms with van der Waals surface area (Å²) in [5, 5.41) is 13.2. The molecule has 0 atom stereocenters. The highest BCUT2D eigenvalue weighted by atomic mass is 35.5. The minimum absolute atomic E-state index is 0.0412. The van der Waals surface area contributed by atoms with Gasteiger partial charge in [-0.3, -0.25) is 0 Å². The first-order chi connectivity index (χ1) is 14.9. The van der Waals surface area contributed by atoms with Crippen LogP contribution in [0.4, 0.5) is 5.69 Å². The number of phenolic OH excluding ortho intramolecular Hbond substituents is 1. The number of halogens is 1. The number of amidine groups is 1. The number of sulfone groups is 1. The van der Waals surface area contributed by atoms with Crippen LogP contribution in [0.5, 0.6) is 5.75 Å². The molecule has 0 unspecified atom stereocenters. The molecule has 0 aliphatic heterocycles. The lowest BCUT2D eigenvalue weighted by Gasteiger charge is -2.16. The zero-order chi connectivity index (χ0) is 23.7. The topological polar surface area (TPSA) is 113 Å². The molecule has 3 rings (SSSR count). The normalized spacial score (nSPS) is 12.6. The standard InChI is InChI=1S/C22H21ClN2O5S2/c1-14-4-8-19(9-5-14)31(27,28)21-13-18(26)12-15(2)22(21)24-16(3)25-32(29,30)20-10-6-17(23)7-11-20/h4-13,26H,1-3H3,(H,24,25). The molecular formula is C22H21ClN2O5S2. The molecule has 0 fully saturated rings. The number of hydrogen-bond acceptors (Lipinski definition) is 5. The predicted molar refractivity (Wildman–Crippen MR) is 125 cm³/mol. The second-order valence-electron chi connectivity index (χ2n) is 7.18. The summed E-state index contributed by atoms with van der Waals surface area (Å²) in [4.78, 5) is -0.213. The van der Waals surface area contributed by atoms with Gasteiger partial charge in [0.2, 0.25) is 9.84 Å². The van der Waals surface area contributed by atoms with Crippen LogP contribution in [0.15, 0.2) is 79.7 Å². The Kier molecular flexibility index (Phi) is 6.64. The third-order valence-corrected chi connectivity index (χ3v) is 8.01. The van der Waals surface area contributed by atoms with Gasteiger partial charge in [-0.05, 0) is 68.8 Å². The van der Waals surface area contributed by atoms with E-state index in [9.17, 15) is 21.9 Å². The first-order valence-corrected chi connectivity index (χ1v) is 12.7. The van der Waals surface area contributed by atoms with Gasteiger partial charge in [-0.25, -0.2) is 8.42 Å². The summed E-state index contributed by atoms with van der Waals surface area (Å²) in [6.07, 6.45) is 0. The molecule has 0 radical (unpaired) electrons. The first-order valence-electron chi connectivity index (χ1n) is 9.40. The summed E-state index contributed by atoms with van der Waals surface area (Å²) in [6.45, 7) is 4.84. The van der Waals surface area contributed by atoms with Gasteiger partial charge in [0.25, 0.3) is 10.0 Å². The number of aryl methyl sites for hydroxylation is 2. The van der Waals surface area contributed by atoms with E-state index in [0.717, 1.165) is 11.6 Å². The predicted octanol–water partition coefficient (Wildman–Crippen LogP) is 4.71. The molecule has 0 saturated heterocycles. The fraction of sp³-hybridized carbons (Fsp3) is 0.136. The highest BCUT2D eigenvalue weighted by Gasteiger charge is 2.24. The molecule has 3 aromatic carbocycles. The molecule has 0 aliphatic rings. The Morgan fingerprint density at radius 2 is 1.47 bits per heavy atom. The van der Waals surface area contributed by atoms with Crippen molar-refractivity contribution in [2.75, 3.05) is 5.32 Å². The third kappa shape index (κ3) is 5.12. The average molecular weight is 493 g/mol. The van der Waals surface area contributed by atoms with Crippen molar-refractivity contribution < 1.29 is 21.9 Å². The van der Waals surface area contributed by atoms with Crippen molar-refractivity contribution in [1.29, 1.82) is 0 Å². The molecule has 168 valence electrons. The maximum Gasteiger partial charge on any atom is 0.283 e. The number of nitrogens with one attached hydrogen (secondary N) is 1. The number of sulfonamides is 1. The highest BCUT2D eigenvalue weighted by Crippen LogP contribution is 2.34. The minimum atomic E-state index is -4.05. The first kappa shape index (κ1) is 23.8. The van der Waals surface area contributed by atoms with E-state index in [-0.39, 0.29) is 32.0 Å². The van der Waals surface area contributed by atoms with Crippen molar-refractivity contribution in [3.8, 4) is 5.75 Å². The Morgan fingerprint density at radius 3 is 2.06 bits per heavy atom. The lowest BCUT2D eigenvalue weighted by molar-refractivity contribution is 0.473. The van der Waals surface area contributed by atoms with Gasteiger partial charge in [-0.1, -0.05) is 29.3 Å². The molecule has 0 spiro atoms. The molecular weight excluding hydrogens is 472 g/mol. The van der Waals surface area contributed by atoms with Gasteiger partial charge >= 0.3 is 0 Å². The van der Waals surface area contributed by atoms with Crippen LogP contribution in [0, 0.1) is 13.8 Å². The van der Waals surface area contributed by atoms with Gasteiger partial charge in [-0.15, -0.1) is 4.40 Å². The van der Waals surface area contributed by atoms with Crippen LogP contribution in [-0.2, 0) is 19.9 Å². The van der Waals surface area contributed by atoms with Gasteiger partial charge < -0.3 is 10.4 Å². The number of anilines is 1. The van der Waals surface area contributed by atoms with Gasteiger partial charge in [-0.2, -0.15) is 8.42 Å². The van der Waals surface area contributed by atoms with E-state index in [1.54, 1.807) is 19.1 Å². The summed E-state index contributed by atoms with van der Waals surface area (Å²) in [5.41, 5.74) is 1.41. The molecule has 7 nitrogen and oxygen atoms in total. The molecule has 0 bridgehead atoms. The molecule has 10 heteroatoms. The lowest BCUT2D eigenvalue weighted by atomic mass is 10.2. The van der Waals surface area contributed by atoms with E-state index in [2.05, 4.69) is 9.71 Å². The van der Waals surface area contributed by atoms with Gasteiger partial charge in [0.1, 0.15) is 11.6 Å². The molecule has 32 heavy (non-hydrogen) atoms. The molecule has 0 aliphatic carbocycles. The molecule has 0 amide bonds. The van der Waals surface area contributed by atoms with Crippen LogP contribution >= 0.6 is 11.6 Å². The second-order valence-corrected chi connectivity index (χ2v) is 11.1. The minimum Gasteiger partial charge on any atom is -0.508 e. The van der Waals surface area contributed by atoms with Crippen molar-refractivity contribution >= 4 is 43.0 Å². The smallest absolute Gasteiger partial charge is 0.283 e. The van der Waals surface area contributed by atoms with Crippen molar-refractivity contribution in [3.63, 3.8) is 0 Å². The van der Waals surface area contributed by atoms with Crippen LogP contribution in [-0.4, -0.2) is 27.8 Å². The van der Waals surface area contributed by atoms with Crippen molar-refractivity contribution in [3.05, 3.63) is 76.8 Å². The number of phenols is 1. The SMILES string of the molecule is CC(=NS(=O)(=O)c1ccc(Cl)cc1)Nc1c(C)cc(O)cc1S(=O)(=O)c1ccc(C)cc1. The van der Waals surface area contributed by atoms with Crippen molar-refractivity contribution in [2.45, 2.75) is 35.5 Å². The van der Waals surface area contributed by atoms with Gasteiger partial charge in [0.15, 0.2) is 0 Å². The fourth-order valence-electron chi connectivity index (χ4n) is 3.00. The largest absolute Gasteiger partial charge is 0.508 e. The van der Waals surface area contributed by atoms with Crippen LogP contribution in [0.3, 0.4) is 0 Å². The quantitative estimate of drug-likeness (QED) is 0.303. The number of hydrogen-bond donors (Lipinski definition) is 2. The van der Waals surface area contributed by atoms with Crippen LogP contribution in [0.1, 0.15) is 18.1 Å². The molecule has 0 saturated carbocycles. The van der Waals surface area contributed by atoms with Gasteiger partial charge in [0.05, 0.1) is 20.4 Å². The molecule has 0 heterocycles. The summed E-state index contributed by atoms with van der Waals surface area (Å²) in [5.74, 6) is -0.281. The number of benzene rings is 3. The van der Waals surface area contributed by atoms with Crippen molar-refractivity contribution in [1.82, 2.24) is 0 Å².